The number of rotatable bonds is 3. The van der Waals surface area contributed by atoms with Crippen molar-refractivity contribution in [3.63, 3.8) is 0 Å². The van der Waals surface area contributed by atoms with Crippen molar-refractivity contribution in [2.45, 2.75) is 19.8 Å². The van der Waals surface area contributed by atoms with Crippen molar-refractivity contribution in [3.05, 3.63) is 21.9 Å². The monoisotopic (exact) mass is 279 g/mol. The third-order valence-corrected chi connectivity index (χ3v) is 5.14. The summed E-state index contributed by atoms with van der Waals surface area (Å²) in [6.07, 6.45) is 2.24. The molecule has 1 N–H and O–H groups in total. The summed E-state index contributed by atoms with van der Waals surface area (Å²) in [5.74, 6) is -0.467. The number of nitrogens with zero attached hydrogens (tertiary/aromatic N) is 1. The van der Waals surface area contributed by atoms with Crippen molar-refractivity contribution >= 4 is 23.2 Å². The van der Waals surface area contributed by atoms with Gasteiger partial charge in [-0.05, 0) is 43.7 Å². The Kier molecular flexibility index (Phi) is 3.09. The molecule has 3 rings (SSSR count). The van der Waals surface area contributed by atoms with E-state index in [4.69, 9.17) is 0 Å². The first-order valence-corrected chi connectivity index (χ1v) is 7.46. The lowest BCUT2D eigenvalue weighted by molar-refractivity contribution is -0.142. The Hall–Kier alpha value is -1.36. The second-order valence-electron chi connectivity index (χ2n) is 5.57. The molecule has 1 aromatic rings. The number of thiophene rings is 1. The van der Waals surface area contributed by atoms with Crippen LogP contribution in [0.15, 0.2) is 12.1 Å². The summed E-state index contributed by atoms with van der Waals surface area (Å²) in [7, 11) is 0. The molecule has 0 spiro atoms. The SMILES string of the molecule is Cc1ccc(C(=O)N2C[C@H](C(=O)O)[C@@H](C3CC3)C2)s1. The zero-order chi connectivity index (χ0) is 13.6. The molecule has 1 aliphatic heterocycles. The van der Waals surface area contributed by atoms with Crippen LogP contribution in [-0.4, -0.2) is 35.0 Å². The van der Waals surface area contributed by atoms with Crippen molar-refractivity contribution in [2.24, 2.45) is 17.8 Å². The van der Waals surface area contributed by atoms with Gasteiger partial charge in [-0.2, -0.15) is 0 Å². The zero-order valence-electron chi connectivity index (χ0n) is 10.8. The number of carboxylic acid groups (broad SMARTS) is 1. The molecule has 0 unspecified atom stereocenters. The van der Waals surface area contributed by atoms with Crippen molar-refractivity contribution in [3.8, 4) is 0 Å². The summed E-state index contributed by atoms with van der Waals surface area (Å²) in [6.45, 7) is 2.95. The van der Waals surface area contributed by atoms with E-state index in [1.54, 1.807) is 4.90 Å². The van der Waals surface area contributed by atoms with Crippen molar-refractivity contribution in [1.29, 1.82) is 0 Å². The number of carbonyl (C=O) groups excluding carboxylic acids is 1. The number of hydrogen-bond acceptors (Lipinski definition) is 3. The molecule has 4 nitrogen and oxygen atoms in total. The molecule has 102 valence electrons. The number of carbonyl (C=O) groups is 2. The van der Waals surface area contributed by atoms with E-state index < -0.39 is 5.97 Å². The fraction of sp³-hybridized carbons (Fsp3) is 0.571. The van der Waals surface area contributed by atoms with Gasteiger partial charge >= 0.3 is 5.97 Å². The molecule has 1 saturated heterocycles. The van der Waals surface area contributed by atoms with Crippen molar-refractivity contribution in [1.82, 2.24) is 4.90 Å². The van der Waals surface area contributed by atoms with E-state index >= 15 is 0 Å². The second kappa shape index (κ2) is 4.63. The summed E-state index contributed by atoms with van der Waals surface area (Å²) in [5, 5.41) is 9.30. The van der Waals surface area contributed by atoms with Gasteiger partial charge in [-0.1, -0.05) is 0 Å². The highest BCUT2D eigenvalue weighted by molar-refractivity contribution is 7.13. The van der Waals surface area contributed by atoms with Gasteiger partial charge < -0.3 is 10.0 Å². The van der Waals surface area contributed by atoms with Crippen LogP contribution in [0.3, 0.4) is 0 Å². The van der Waals surface area contributed by atoms with Crippen LogP contribution in [0.4, 0.5) is 0 Å². The molecule has 0 aromatic carbocycles. The van der Waals surface area contributed by atoms with E-state index in [9.17, 15) is 14.7 Å². The summed E-state index contributed by atoms with van der Waals surface area (Å²) in [4.78, 5) is 27.2. The van der Waals surface area contributed by atoms with Crippen LogP contribution >= 0.6 is 11.3 Å². The number of likely N-dealkylation sites (tertiary alicyclic amines) is 1. The van der Waals surface area contributed by atoms with Gasteiger partial charge in [0.05, 0.1) is 10.8 Å². The maximum atomic E-state index is 12.4. The maximum Gasteiger partial charge on any atom is 0.308 e. The fourth-order valence-electron chi connectivity index (χ4n) is 2.96. The highest BCUT2D eigenvalue weighted by Crippen LogP contribution is 2.44. The first kappa shape index (κ1) is 12.7. The summed E-state index contributed by atoms with van der Waals surface area (Å²) in [6, 6.07) is 3.77. The third kappa shape index (κ3) is 2.39. The Balaban J connectivity index is 1.75. The topological polar surface area (TPSA) is 57.6 Å². The van der Waals surface area contributed by atoms with Crippen LogP contribution in [0, 0.1) is 24.7 Å². The number of carboxylic acids is 1. The minimum atomic E-state index is -0.755. The van der Waals surface area contributed by atoms with Gasteiger partial charge in [-0.25, -0.2) is 0 Å². The van der Waals surface area contributed by atoms with Gasteiger partial charge in [0.2, 0.25) is 0 Å². The number of aryl methyl sites for hydroxylation is 1. The summed E-state index contributed by atoms with van der Waals surface area (Å²) >= 11 is 1.48. The van der Waals surface area contributed by atoms with E-state index in [-0.39, 0.29) is 17.7 Å². The lowest BCUT2D eigenvalue weighted by Gasteiger charge is -2.15. The molecular formula is C14H17NO3S. The van der Waals surface area contributed by atoms with Gasteiger partial charge in [-0.15, -0.1) is 11.3 Å². The predicted molar refractivity (Wildman–Crippen MR) is 72.3 cm³/mol. The summed E-state index contributed by atoms with van der Waals surface area (Å²) < 4.78 is 0. The van der Waals surface area contributed by atoms with E-state index in [2.05, 4.69) is 0 Å². The largest absolute Gasteiger partial charge is 0.481 e. The fourth-order valence-corrected chi connectivity index (χ4v) is 3.80. The molecular weight excluding hydrogens is 262 g/mol. The highest BCUT2D eigenvalue weighted by atomic mass is 32.1. The number of aliphatic carboxylic acids is 1. The van der Waals surface area contributed by atoms with Gasteiger partial charge in [0.1, 0.15) is 0 Å². The van der Waals surface area contributed by atoms with E-state index in [1.807, 2.05) is 19.1 Å². The molecule has 0 bridgehead atoms. The molecule has 2 atom stereocenters. The average Bonchev–Trinajstić information content (AvgIpc) is 2.96. The summed E-state index contributed by atoms with van der Waals surface area (Å²) in [5.41, 5.74) is 0. The zero-order valence-corrected chi connectivity index (χ0v) is 11.7. The van der Waals surface area contributed by atoms with Gasteiger partial charge in [0, 0.05) is 18.0 Å². The second-order valence-corrected chi connectivity index (χ2v) is 6.85. The van der Waals surface area contributed by atoms with Crippen LogP contribution < -0.4 is 0 Å². The quantitative estimate of drug-likeness (QED) is 0.923. The molecule has 2 heterocycles. The highest BCUT2D eigenvalue weighted by Gasteiger charge is 2.47. The Morgan fingerprint density at radius 2 is 2.05 bits per heavy atom. The smallest absolute Gasteiger partial charge is 0.308 e. The Morgan fingerprint density at radius 3 is 2.58 bits per heavy atom. The van der Waals surface area contributed by atoms with Gasteiger partial charge in [-0.3, -0.25) is 9.59 Å². The van der Waals surface area contributed by atoms with Crippen LogP contribution in [0.1, 0.15) is 27.4 Å². The van der Waals surface area contributed by atoms with Crippen molar-refractivity contribution in [2.75, 3.05) is 13.1 Å². The molecule has 5 heteroatoms. The van der Waals surface area contributed by atoms with E-state index in [0.717, 1.165) is 22.6 Å². The molecule has 1 aliphatic carbocycles. The van der Waals surface area contributed by atoms with Crippen LogP contribution in [0.5, 0.6) is 0 Å². The van der Waals surface area contributed by atoms with E-state index in [0.29, 0.717) is 19.0 Å². The van der Waals surface area contributed by atoms with Crippen LogP contribution in [0.2, 0.25) is 0 Å². The average molecular weight is 279 g/mol. The Morgan fingerprint density at radius 1 is 1.32 bits per heavy atom. The number of amides is 1. The van der Waals surface area contributed by atoms with Crippen LogP contribution in [-0.2, 0) is 4.79 Å². The van der Waals surface area contributed by atoms with Gasteiger partial charge in [0.15, 0.2) is 0 Å². The maximum absolute atomic E-state index is 12.4. The number of hydrogen-bond donors (Lipinski definition) is 1. The molecule has 1 amide bonds. The van der Waals surface area contributed by atoms with Crippen molar-refractivity contribution < 1.29 is 14.7 Å². The first-order chi connectivity index (χ1) is 9.06. The standard InChI is InChI=1S/C14H17NO3S/c1-8-2-5-12(19-8)13(16)15-6-10(9-3-4-9)11(7-15)14(17)18/h2,5,9-11H,3-4,6-7H2,1H3,(H,17,18)/t10-,11+/m1/s1. The minimum Gasteiger partial charge on any atom is -0.481 e. The predicted octanol–water partition coefficient (Wildman–Crippen LogP) is 2.24. The lowest BCUT2D eigenvalue weighted by Crippen LogP contribution is -2.29. The molecule has 1 aromatic heterocycles. The minimum absolute atomic E-state index is 0.00694. The van der Waals surface area contributed by atoms with Crippen LogP contribution in [0.25, 0.3) is 0 Å². The molecule has 1 saturated carbocycles. The normalized spacial score (nSPS) is 26.7. The lowest BCUT2D eigenvalue weighted by atomic mass is 9.92. The van der Waals surface area contributed by atoms with Gasteiger partial charge in [0.25, 0.3) is 5.91 Å². The molecule has 2 aliphatic rings. The third-order valence-electron chi connectivity index (χ3n) is 4.15. The molecule has 19 heavy (non-hydrogen) atoms. The first-order valence-electron chi connectivity index (χ1n) is 6.65. The Bertz CT molecular complexity index is 521. The molecule has 0 radical (unpaired) electrons. The van der Waals surface area contributed by atoms with E-state index in [1.165, 1.54) is 11.3 Å². The molecule has 2 fully saturated rings. The Labute approximate surface area is 116 Å².